The summed E-state index contributed by atoms with van der Waals surface area (Å²) in [5, 5.41) is 11.4. The fraction of sp³-hybridized carbons (Fsp3) is 0.583. The first-order valence-corrected chi connectivity index (χ1v) is 11.3. The topological polar surface area (TPSA) is 72.7 Å². The maximum Gasteiger partial charge on any atom is 0.191 e. The van der Waals surface area contributed by atoms with Crippen molar-refractivity contribution in [1.29, 1.82) is 0 Å². The van der Waals surface area contributed by atoms with E-state index in [1.807, 2.05) is 18.7 Å². The van der Waals surface area contributed by atoms with Crippen LogP contribution in [0.15, 0.2) is 17.1 Å². The molecule has 0 amide bonds. The minimum absolute atomic E-state index is 0.211. The van der Waals surface area contributed by atoms with Gasteiger partial charge >= 0.3 is 0 Å². The quantitative estimate of drug-likeness (QED) is 0.499. The van der Waals surface area contributed by atoms with E-state index in [1.54, 1.807) is 0 Å². The molecule has 0 fully saturated rings. The molecule has 3 rings (SSSR count). The largest absolute Gasteiger partial charge is 0.494 e. The van der Waals surface area contributed by atoms with Gasteiger partial charge in [-0.25, -0.2) is 4.99 Å². The molecule has 0 radical (unpaired) electrons. The van der Waals surface area contributed by atoms with Crippen molar-refractivity contribution >= 4 is 5.96 Å². The lowest BCUT2D eigenvalue weighted by molar-refractivity contribution is 0.254. The number of aromatic nitrogens is 2. The molecule has 7 nitrogen and oxygen atoms in total. The van der Waals surface area contributed by atoms with Crippen LogP contribution in [0.1, 0.15) is 55.8 Å². The molecular formula is C24H37N5O2. The highest BCUT2D eigenvalue weighted by Crippen LogP contribution is 2.35. The van der Waals surface area contributed by atoms with Gasteiger partial charge in [-0.3, -0.25) is 4.68 Å². The smallest absolute Gasteiger partial charge is 0.191 e. The minimum Gasteiger partial charge on any atom is -0.494 e. The first-order valence-electron chi connectivity index (χ1n) is 11.3. The average Bonchev–Trinajstić information content (AvgIpc) is 3.18. The molecule has 1 aliphatic heterocycles. The summed E-state index contributed by atoms with van der Waals surface area (Å²) in [6, 6.07) is 4.42. The number of nitrogens with one attached hydrogen (secondary N) is 2. The molecule has 1 aromatic heterocycles. The molecule has 0 bridgehead atoms. The van der Waals surface area contributed by atoms with E-state index in [1.165, 1.54) is 16.8 Å². The van der Waals surface area contributed by atoms with Crippen molar-refractivity contribution in [3.05, 3.63) is 40.2 Å². The molecule has 2 N–H and O–H groups in total. The summed E-state index contributed by atoms with van der Waals surface area (Å²) < 4.78 is 13.8. The number of aryl methyl sites for hydroxylation is 2. The zero-order chi connectivity index (χ0) is 22.5. The van der Waals surface area contributed by atoms with E-state index in [4.69, 9.17) is 14.5 Å². The molecule has 2 atom stereocenters. The first kappa shape index (κ1) is 23.0. The van der Waals surface area contributed by atoms with Crippen LogP contribution in [-0.4, -0.2) is 41.0 Å². The Kier molecular flexibility index (Phi) is 7.46. The summed E-state index contributed by atoms with van der Waals surface area (Å²) in [7, 11) is 1.99. The van der Waals surface area contributed by atoms with E-state index in [-0.39, 0.29) is 12.1 Å². The first-order chi connectivity index (χ1) is 14.8. The number of guanidine groups is 1. The van der Waals surface area contributed by atoms with Gasteiger partial charge in [0, 0.05) is 42.9 Å². The molecule has 2 aromatic rings. The van der Waals surface area contributed by atoms with E-state index in [9.17, 15) is 0 Å². The predicted octanol–water partition coefficient (Wildman–Crippen LogP) is 3.45. The molecule has 1 aliphatic rings. The third kappa shape index (κ3) is 5.51. The van der Waals surface area contributed by atoms with Gasteiger partial charge in [0.15, 0.2) is 5.96 Å². The third-order valence-corrected chi connectivity index (χ3v) is 5.68. The van der Waals surface area contributed by atoms with Crippen LogP contribution in [0, 0.1) is 13.8 Å². The Hall–Kier alpha value is -2.70. The van der Waals surface area contributed by atoms with Crippen LogP contribution >= 0.6 is 0 Å². The molecule has 170 valence electrons. The van der Waals surface area contributed by atoms with Crippen molar-refractivity contribution in [2.45, 2.75) is 73.1 Å². The fourth-order valence-corrected chi connectivity index (χ4v) is 4.08. The van der Waals surface area contributed by atoms with Crippen LogP contribution in [-0.2, 0) is 26.4 Å². The second-order valence-electron chi connectivity index (χ2n) is 8.35. The second kappa shape index (κ2) is 10.1. The maximum absolute atomic E-state index is 5.95. The molecule has 0 spiro atoms. The van der Waals surface area contributed by atoms with Gasteiger partial charge in [0.2, 0.25) is 0 Å². The molecule has 2 unspecified atom stereocenters. The van der Waals surface area contributed by atoms with Crippen LogP contribution in [0.25, 0.3) is 0 Å². The summed E-state index contributed by atoms with van der Waals surface area (Å²) in [4.78, 5) is 4.84. The summed E-state index contributed by atoms with van der Waals surface area (Å²) in [5.74, 6) is 2.65. The second-order valence-corrected chi connectivity index (χ2v) is 8.35. The molecule has 0 saturated carbocycles. The van der Waals surface area contributed by atoms with Crippen LogP contribution < -0.4 is 20.1 Å². The lowest BCUT2D eigenvalue weighted by Gasteiger charge is -2.18. The van der Waals surface area contributed by atoms with Gasteiger partial charge in [-0.05, 0) is 65.7 Å². The SMILES string of the molecule is CCNC(=NCc1cc2c(cc1OCC)CC(C)O2)NC(C)Cc1c(C)nn(C)c1C. The van der Waals surface area contributed by atoms with Crippen molar-refractivity contribution in [2.75, 3.05) is 13.2 Å². The molecule has 0 saturated heterocycles. The predicted molar refractivity (Wildman–Crippen MR) is 125 cm³/mol. The lowest BCUT2D eigenvalue weighted by atomic mass is 10.1. The molecule has 1 aromatic carbocycles. The summed E-state index contributed by atoms with van der Waals surface area (Å²) in [6.45, 7) is 14.5. The highest BCUT2D eigenvalue weighted by molar-refractivity contribution is 5.80. The summed E-state index contributed by atoms with van der Waals surface area (Å²) in [6.07, 6.45) is 2.03. The van der Waals surface area contributed by atoms with E-state index >= 15 is 0 Å². The van der Waals surface area contributed by atoms with Crippen molar-refractivity contribution in [3.63, 3.8) is 0 Å². The van der Waals surface area contributed by atoms with Gasteiger partial charge in [0.1, 0.15) is 17.6 Å². The number of rotatable bonds is 8. The highest BCUT2D eigenvalue weighted by atomic mass is 16.5. The van der Waals surface area contributed by atoms with E-state index in [0.717, 1.165) is 48.1 Å². The van der Waals surface area contributed by atoms with Gasteiger partial charge in [-0.2, -0.15) is 5.10 Å². The van der Waals surface area contributed by atoms with Gasteiger partial charge in [0.25, 0.3) is 0 Å². The molecule has 2 heterocycles. The Bertz CT molecular complexity index is 935. The van der Waals surface area contributed by atoms with Gasteiger partial charge in [0.05, 0.1) is 18.8 Å². The fourth-order valence-electron chi connectivity index (χ4n) is 4.08. The van der Waals surface area contributed by atoms with Crippen molar-refractivity contribution in [3.8, 4) is 11.5 Å². The Labute approximate surface area is 186 Å². The number of fused-ring (bicyclic) bond motifs is 1. The monoisotopic (exact) mass is 427 g/mol. The number of ether oxygens (including phenoxy) is 2. The molecule has 7 heteroatoms. The van der Waals surface area contributed by atoms with Crippen molar-refractivity contribution in [2.24, 2.45) is 12.0 Å². The Morgan fingerprint density at radius 2 is 2.13 bits per heavy atom. The summed E-state index contributed by atoms with van der Waals surface area (Å²) in [5.41, 5.74) is 5.84. The average molecular weight is 428 g/mol. The Balaban J connectivity index is 1.74. The number of hydrogen-bond donors (Lipinski definition) is 2. The number of aliphatic imine (C=N–C) groups is 1. The van der Waals surface area contributed by atoms with Crippen LogP contribution in [0.2, 0.25) is 0 Å². The maximum atomic E-state index is 5.95. The van der Waals surface area contributed by atoms with E-state index in [0.29, 0.717) is 13.2 Å². The molecule has 31 heavy (non-hydrogen) atoms. The van der Waals surface area contributed by atoms with Crippen LogP contribution in [0.3, 0.4) is 0 Å². The third-order valence-electron chi connectivity index (χ3n) is 5.68. The molecular weight excluding hydrogens is 390 g/mol. The Morgan fingerprint density at radius 3 is 2.77 bits per heavy atom. The van der Waals surface area contributed by atoms with Crippen molar-refractivity contribution < 1.29 is 9.47 Å². The summed E-state index contributed by atoms with van der Waals surface area (Å²) >= 11 is 0. The lowest BCUT2D eigenvalue weighted by Crippen LogP contribution is -2.43. The zero-order valence-electron chi connectivity index (χ0n) is 20.0. The minimum atomic E-state index is 0.211. The van der Waals surface area contributed by atoms with E-state index < -0.39 is 0 Å². The van der Waals surface area contributed by atoms with Gasteiger partial charge in [-0.1, -0.05) is 0 Å². The normalized spacial score (nSPS) is 16.6. The highest BCUT2D eigenvalue weighted by Gasteiger charge is 2.22. The van der Waals surface area contributed by atoms with Crippen LogP contribution in [0.5, 0.6) is 11.5 Å². The molecule has 0 aliphatic carbocycles. The zero-order valence-corrected chi connectivity index (χ0v) is 20.0. The van der Waals surface area contributed by atoms with Gasteiger partial charge in [-0.15, -0.1) is 0 Å². The Morgan fingerprint density at radius 1 is 1.35 bits per heavy atom. The number of hydrogen-bond acceptors (Lipinski definition) is 4. The number of benzene rings is 1. The van der Waals surface area contributed by atoms with Crippen molar-refractivity contribution in [1.82, 2.24) is 20.4 Å². The standard InChI is InChI=1S/C24H37N5O2/c1-8-25-24(27-15(3)10-21-17(5)28-29(7)18(21)6)26-14-20-13-23-19(11-16(4)31-23)12-22(20)30-9-2/h12-13,15-16H,8-11,14H2,1-7H3,(H2,25,26,27). The van der Waals surface area contributed by atoms with E-state index in [2.05, 4.69) is 62.5 Å². The number of nitrogens with zero attached hydrogens (tertiary/aromatic N) is 3. The van der Waals surface area contributed by atoms with Gasteiger partial charge < -0.3 is 20.1 Å². The van der Waals surface area contributed by atoms with Crippen LogP contribution in [0.4, 0.5) is 0 Å².